The van der Waals surface area contributed by atoms with Gasteiger partial charge in [0.2, 0.25) is 5.78 Å². The smallest absolute Gasteiger partial charge is 0.207 e. The van der Waals surface area contributed by atoms with E-state index in [9.17, 15) is 9.18 Å². The molecule has 0 fully saturated rings. The van der Waals surface area contributed by atoms with E-state index >= 15 is 0 Å². The molecule has 4 heteroatoms. The summed E-state index contributed by atoms with van der Waals surface area (Å²) in [5.74, 6) is -0.398. The van der Waals surface area contributed by atoms with E-state index in [1.807, 2.05) is 24.3 Å². The van der Waals surface area contributed by atoms with Crippen LogP contribution in [-0.4, -0.2) is 12.3 Å². The summed E-state index contributed by atoms with van der Waals surface area (Å²) in [6.07, 6.45) is 0. The zero-order chi connectivity index (χ0) is 14.4. The molecule has 0 spiro atoms. The Morgan fingerprint density at radius 3 is 2.95 bits per heavy atom. The van der Waals surface area contributed by atoms with Crippen molar-refractivity contribution in [3.05, 3.63) is 65.7 Å². The Hall–Kier alpha value is -2.62. The molecule has 4 rings (SSSR count). The van der Waals surface area contributed by atoms with E-state index in [0.717, 1.165) is 11.3 Å². The van der Waals surface area contributed by atoms with E-state index in [1.165, 1.54) is 12.1 Å². The van der Waals surface area contributed by atoms with Crippen LogP contribution < -0.4 is 5.32 Å². The third-order valence-electron chi connectivity index (χ3n) is 3.87. The van der Waals surface area contributed by atoms with Crippen LogP contribution in [0.5, 0.6) is 0 Å². The van der Waals surface area contributed by atoms with Gasteiger partial charge in [-0.05, 0) is 35.9 Å². The monoisotopic (exact) mass is 281 g/mol. The number of Topliss-reactive ketones (excluding diaryl/α,β-unsaturated/α-hetero) is 1. The number of para-hydroxylation sites is 1. The molecule has 2 aromatic carbocycles. The quantitative estimate of drug-likeness (QED) is 0.723. The van der Waals surface area contributed by atoms with Gasteiger partial charge in [0.15, 0.2) is 5.76 Å². The van der Waals surface area contributed by atoms with Gasteiger partial charge in [0.1, 0.15) is 11.4 Å². The number of benzene rings is 2. The molecule has 2 heterocycles. The fourth-order valence-corrected chi connectivity index (χ4v) is 2.83. The number of hydrogen-bond donors (Lipinski definition) is 1. The number of nitrogens with one attached hydrogen (secondary N) is 1. The van der Waals surface area contributed by atoms with Crippen molar-refractivity contribution >= 4 is 22.4 Å². The number of carbonyl (C=O) groups is 1. The molecule has 0 amide bonds. The molecule has 1 unspecified atom stereocenters. The average Bonchev–Trinajstić information content (AvgIpc) is 3.09. The summed E-state index contributed by atoms with van der Waals surface area (Å²) in [7, 11) is 0. The van der Waals surface area contributed by atoms with Crippen molar-refractivity contribution in [2.75, 3.05) is 11.9 Å². The van der Waals surface area contributed by atoms with Crippen molar-refractivity contribution in [3.8, 4) is 0 Å². The number of furan rings is 1. The molecule has 1 aliphatic rings. The number of ketones is 1. The summed E-state index contributed by atoms with van der Waals surface area (Å²) in [6.45, 7) is 0.559. The molecule has 1 N–H and O–H groups in total. The van der Waals surface area contributed by atoms with Gasteiger partial charge < -0.3 is 9.73 Å². The predicted molar refractivity (Wildman–Crippen MR) is 78.2 cm³/mol. The molecule has 0 saturated carbocycles. The van der Waals surface area contributed by atoms with E-state index < -0.39 is 0 Å². The Labute approximate surface area is 120 Å². The highest BCUT2D eigenvalue weighted by Gasteiger charge is 2.30. The summed E-state index contributed by atoms with van der Waals surface area (Å²) < 4.78 is 18.8. The van der Waals surface area contributed by atoms with Crippen LogP contribution in [0, 0.1) is 5.82 Å². The number of halogens is 1. The highest BCUT2D eigenvalue weighted by Crippen LogP contribution is 2.34. The van der Waals surface area contributed by atoms with Gasteiger partial charge in [-0.15, -0.1) is 0 Å². The Balaban J connectivity index is 1.74. The highest BCUT2D eigenvalue weighted by molar-refractivity contribution is 6.03. The maximum absolute atomic E-state index is 13.2. The number of anilines is 1. The van der Waals surface area contributed by atoms with Crippen molar-refractivity contribution in [3.63, 3.8) is 0 Å². The van der Waals surface area contributed by atoms with Crippen LogP contribution in [0.3, 0.4) is 0 Å². The van der Waals surface area contributed by atoms with E-state index in [0.29, 0.717) is 17.5 Å². The maximum atomic E-state index is 13.2. The van der Waals surface area contributed by atoms with E-state index in [-0.39, 0.29) is 23.3 Å². The minimum atomic E-state index is -0.338. The molecule has 1 atom stereocenters. The van der Waals surface area contributed by atoms with Crippen LogP contribution in [0.25, 0.3) is 11.0 Å². The molecule has 21 heavy (non-hydrogen) atoms. The van der Waals surface area contributed by atoms with Crippen molar-refractivity contribution in [1.82, 2.24) is 0 Å². The van der Waals surface area contributed by atoms with Crippen molar-refractivity contribution < 1.29 is 13.6 Å². The number of fused-ring (bicyclic) bond motifs is 2. The molecule has 0 aliphatic carbocycles. The molecule has 1 aliphatic heterocycles. The Kier molecular flexibility index (Phi) is 2.57. The van der Waals surface area contributed by atoms with Gasteiger partial charge in [0.05, 0.1) is 5.92 Å². The van der Waals surface area contributed by atoms with Crippen LogP contribution in [0.15, 0.2) is 52.9 Å². The Bertz CT molecular complexity index is 853. The highest BCUT2D eigenvalue weighted by atomic mass is 19.1. The molecule has 3 aromatic rings. The first-order valence-electron chi connectivity index (χ1n) is 6.78. The van der Waals surface area contributed by atoms with Gasteiger partial charge >= 0.3 is 0 Å². The second-order valence-corrected chi connectivity index (χ2v) is 5.18. The van der Waals surface area contributed by atoms with Crippen LogP contribution in [0.4, 0.5) is 10.1 Å². The van der Waals surface area contributed by atoms with Gasteiger partial charge in [0.25, 0.3) is 0 Å². The molecule has 1 aromatic heterocycles. The minimum Gasteiger partial charge on any atom is -0.453 e. The second kappa shape index (κ2) is 4.45. The molecule has 3 nitrogen and oxygen atoms in total. The van der Waals surface area contributed by atoms with Crippen LogP contribution >= 0.6 is 0 Å². The summed E-state index contributed by atoms with van der Waals surface area (Å²) in [5, 5.41) is 3.83. The number of carbonyl (C=O) groups excluding carboxylic acids is 1. The topological polar surface area (TPSA) is 42.2 Å². The fourth-order valence-electron chi connectivity index (χ4n) is 2.83. The first kappa shape index (κ1) is 12.1. The van der Waals surface area contributed by atoms with Gasteiger partial charge in [-0.1, -0.05) is 18.2 Å². The van der Waals surface area contributed by atoms with Crippen molar-refractivity contribution in [1.29, 1.82) is 0 Å². The third-order valence-corrected chi connectivity index (χ3v) is 3.87. The number of rotatable bonds is 2. The van der Waals surface area contributed by atoms with E-state index in [4.69, 9.17) is 4.42 Å². The maximum Gasteiger partial charge on any atom is 0.207 e. The SMILES string of the molecule is O=C(c1cc2cc(F)ccc2o1)C1CNc2ccccc21. The standard InChI is InChI=1S/C17H12FNO2/c18-11-5-6-15-10(7-11)8-16(21-15)17(20)13-9-19-14-4-2-1-3-12(13)14/h1-8,13,19H,9H2. The zero-order valence-corrected chi connectivity index (χ0v) is 11.1. The van der Waals surface area contributed by atoms with Gasteiger partial charge in [-0.25, -0.2) is 4.39 Å². The molecular weight excluding hydrogens is 269 g/mol. The van der Waals surface area contributed by atoms with E-state index in [2.05, 4.69) is 5.32 Å². The lowest BCUT2D eigenvalue weighted by atomic mass is 9.95. The second-order valence-electron chi connectivity index (χ2n) is 5.18. The zero-order valence-electron chi connectivity index (χ0n) is 11.1. The molecular formula is C17H12FNO2. The van der Waals surface area contributed by atoms with Gasteiger partial charge in [0, 0.05) is 17.6 Å². The lowest BCUT2D eigenvalue weighted by molar-refractivity contribution is 0.0941. The summed E-state index contributed by atoms with van der Waals surface area (Å²) in [5.41, 5.74) is 2.49. The minimum absolute atomic E-state index is 0.0796. The first-order chi connectivity index (χ1) is 10.2. The number of hydrogen-bond acceptors (Lipinski definition) is 3. The molecule has 104 valence electrons. The summed E-state index contributed by atoms with van der Waals surface area (Å²) in [6, 6.07) is 13.6. The van der Waals surface area contributed by atoms with Crippen LogP contribution in [0.2, 0.25) is 0 Å². The van der Waals surface area contributed by atoms with Crippen LogP contribution in [0.1, 0.15) is 22.0 Å². The Morgan fingerprint density at radius 1 is 1.19 bits per heavy atom. The normalized spacial score (nSPS) is 16.7. The average molecular weight is 281 g/mol. The third kappa shape index (κ3) is 1.91. The molecule has 0 radical (unpaired) electrons. The van der Waals surface area contributed by atoms with Gasteiger partial charge in [-0.2, -0.15) is 0 Å². The Morgan fingerprint density at radius 2 is 2.05 bits per heavy atom. The van der Waals surface area contributed by atoms with Gasteiger partial charge in [-0.3, -0.25) is 4.79 Å². The fraction of sp³-hybridized carbons (Fsp3) is 0.118. The van der Waals surface area contributed by atoms with E-state index in [1.54, 1.807) is 12.1 Å². The van der Waals surface area contributed by atoms with Crippen molar-refractivity contribution in [2.24, 2.45) is 0 Å². The summed E-state index contributed by atoms with van der Waals surface area (Å²) >= 11 is 0. The first-order valence-corrected chi connectivity index (χ1v) is 6.78. The predicted octanol–water partition coefficient (Wildman–Crippen LogP) is 3.96. The summed E-state index contributed by atoms with van der Waals surface area (Å²) in [4.78, 5) is 12.6. The molecule has 0 bridgehead atoms. The van der Waals surface area contributed by atoms with Crippen molar-refractivity contribution in [2.45, 2.75) is 5.92 Å². The van der Waals surface area contributed by atoms with Crippen LogP contribution in [-0.2, 0) is 0 Å². The largest absolute Gasteiger partial charge is 0.453 e. The lowest BCUT2D eigenvalue weighted by Crippen LogP contribution is -2.14. The lowest BCUT2D eigenvalue weighted by Gasteiger charge is -2.06. The molecule has 0 saturated heterocycles.